The molecular weight excluding hydrogens is 344 g/mol. The van der Waals surface area contributed by atoms with Crippen molar-refractivity contribution in [2.45, 2.75) is 19.8 Å². The van der Waals surface area contributed by atoms with E-state index in [-0.39, 0.29) is 5.91 Å². The Morgan fingerprint density at radius 2 is 2.22 bits per heavy atom. The Bertz CT molecular complexity index is 959. The second-order valence-electron chi connectivity index (χ2n) is 7.04. The highest BCUT2D eigenvalue weighted by molar-refractivity contribution is 5.93. The highest BCUT2D eigenvalue weighted by Crippen LogP contribution is 2.26. The van der Waals surface area contributed by atoms with Gasteiger partial charge in [0.05, 0.1) is 11.8 Å². The van der Waals surface area contributed by atoms with Gasteiger partial charge in [-0.25, -0.2) is 4.98 Å². The summed E-state index contributed by atoms with van der Waals surface area (Å²) in [5.74, 6) is 1.40. The van der Waals surface area contributed by atoms with E-state index in [1.807, 2.05) is 31.0 Å². The Morgan fingerprint density at radius 1 is 1.37 bits per heavy atom. The van der Waals surface area contributed by atoms with Crippen molar-refractivity contribution < 1.29 is 9.32 Å². The van der Waals surface area contributed by atoms with Crippen molar-refractivity contribution in [1.82, 2.24) is 24.8 Å². The molecule has 3 aromatic rings. The number of amides is 1. The number of hydrogen-bond acceptors (Lipinski definition) is 6. The molecule has 27 heavy (non-hydrogen) atoms. The minimum atomic E-state index is -0.0931. The van der Waals surface area contributed by atoms with Crippen LogP contribution in [0.4, 0.5) is 5.82 Å². The second kappa shape index (κ2) is 6.86. The fourth-order valence-electron chi connectivity index (χ4n) is 3.48. The van der Waals surface area contributed by atoms with E-state index in [4.69, 9.17) is 10.3 Å². The molecule has 1 aliphatic rings. The van der Waals surface area contributed by atoms with Crippen LogP contribution in [0.3, 0.4) is 0 Å². The van der Waals surface area contributed by atoms with Crippen molar-refractivity contribution in [2.75, 3.05) is 18.8 Å². The van der Waals surface area contributed by atoms with Crippen molar-refractivity contribution in [2.24, 2.45) is 13.0 Å². The van der Waals surface area contributed by atoms with Crippen LogP contribution in [-0.4, -0.2) is 43.8 Å². The van der Waals surface area contributed by atoms with Gasteiger partial charge in [0, 0.05) is 38.1 Å². The standard InChI is InChI=1S/C19H22N6O2/c1-12-15(10-22-24(12)2)17-8-16(23-27-17)19(26)25-6-5-14(11-25)7-13-3-4-18(20)21-9-13/h3-4,8-10,14H,5-7,11H2,1-2H3,(H2,20,21). The van der Waals surface area contributed by atoms with Crippen LogP contribution in [0.2, 0.25) is 0 Å². The fourth-order valence-corrected chi connectivity index (χ4v) is 3.48. The number of hydrogen-bond donors (Lipinski definition) is 1. The molecule has 1 saturated heterocycles. The van der Waals surface area contributed by atoms with Gasteiger partial charge in [-0.3, -0.25) is 9.48 Å². The second-order valence-corrected chi connectivity index (χ2v) is 7.04. The first kappa shape index (κ1) is 17.3. The van der Waals surface area contributed by atoms with Gasteiger partial charge in [-0.15, -0.1) is 0 Å². The molecule has 140 valence electrons. The Morgan fingerprint density at radius 3 is 2.93 bits per heavy atom. The van der Waals surface area contributed by atoms with Crippen molar-refractivity contribution in [1.29, 1.82) is 0 Å². The predicted octanol–water partition coefficient (Wildman–Crippen LogP) is 2.07. The smallest absolute Gasteiger partial charge is 0.276 e. The van der Waals surface area contributed by atoms with Gasteiger partial charge >= 0.3 is 0 Å². The van der Waals surface area contributed by atoms with E-state index in [2.05, 4.69) is 15.2 Å². The van der Waals surface area contributed by atoms with E-state index in [0.29, 0.717) is 29.7 Å². The largest absolute Gasteiger partial charge is 0.384 e. The van der Waals surface area contributed by atoms with Gasteiger partial charge in [0.1, 0.15) is 5.82 Å². The predicted molar refractivity (Wildman–Crippen MR) is 99.8 cm³/mol. The number of aromatic nitrogens is 4. The van der Waals surface area contributed by atoms with Gasteiger partial charge in [0.15, 0.2) is 11.5 Å². The molecule has 1 unspecified atom stereocenters. The van der Waals surface area contributed by atoms with E-state index in [1.54, 1.807) is 23.1 Å². The SMILES string of the molecule is Cc1c(-c2cc(C(=O)N3CCC(Cc4ccc(N)nc4)C3)no2)cnn1C. The van der Waals surface area contributed by atoms with Crippen LogP contribution in [-0.2, 0) is 13.5 Å². The monoisotopic (exact) mass is 366 g/mol. The molecule has 2 N–H and O–H groups in total. The first-order valence-corrected chi connectivity index (χ1v) is 8.96. The van der Waals surface area contributed by atoms with E-state index in [1.165, 1.54) is 0 Å². The maximum atomic E-state index is 12.8. The van der Waals surface area contributed by atoms with Crippen molar-refractivity contribution in [3.05, 3.63) is 47.5 Å². The Labute approximate surface area is 157 Å². The van der Waals surface area contributed by atoms with Gasteiger partial charge in [-0.05, 0) is 37.3 Å². The molecule has 8 nitrogen and oxygen atoms in total. The highest BCUT2D eigenvalue weighted by Gasteiger charge is 2.29. The van der Waals surface area contributed by atoms with Gasteiger partial charge in [-0.1, -0.05) is 11.2 Å². The summed E-state index contributed by atoms with van der Waals surface area (Å²) in [5, 5.41) is 8.18. The number of rotatable bonds is 4. The molecule has 0 spiro atoms. The van der Waals surface area contributed by atoms with Crippen LogP contribution >= 0.6 is 0 Å². The van der Waals surface area contributed by atoms with E-state index < -0.39 is 0 Å². The summed E-state index contributed by atoms with van der Waals surface area (Å²) in [4.78, 5) is 18.7. The number of likely N-dealkylation sites (tertiary alicyclic amines) is 1. The van der Waals surface area contributed by atoms with Crippen LogP contribution in [0.5, 0.6) is 0 Å². The maximum Gasteiger partial charge on any atom is 0.276 e. The van der Waals surface area contributed by atoms with Crippen LogP contribution in [0.15, 0.2) is 35.1 Å². The van der Waals surface area contributed by atoms with Crippen molar-refractivity contribution in [3.63, 3.8) is 0 Å². The van der Waals surface area contributed by atoms with Gasteiger partial charge in [0.2, 0.25) is 0 Å². The number of anilines is 1. The molecule has 0 saturated carbocycles. The number of nitrogens with two attached hydrogens (primary N) is 1. The molecule has 0 aliphatic carbocycles. The summed E-state index contributed by atoms with van der Waals surface area (Å²) in [6.45, 7) is 3.38. The number of carbonyl (C=O) groups is 1. The summed E-state index contributed by atoms with van der Waals surface area (Å²) < 4.78 is 7.15. The third-order valence-electron chi connectivity index (χ3n) is 5.18. The zero-order valence-electron chi connectivity index (χ0n) is 15.4. The molecule has 4 heterocycles. The molecular formula is C19H22N6O2. The molecule has 1 atom stereocenters. The first-order valence-electron chi connectivity index (χ1n) is 8.96. The Hall–Kier alpha value is -3.16. The van der Waals surface area contributed by atoms with Gasteiger partial charge < -0.3 is 15.2 Å². The number of pyridine rings is 1. The van der Waals surface area contributed by atoms with Crippen LogP contribution in [0.1, 0.15) is 28.2 Å². The van der Waals surface area contributed by atoms with Crippen LogP contribution in [0, 0.1) is 12.8 Å². The lowest BCUT2D eigenvalue weighted by atomic mass is 10.00. The molecule has 1 fully saturated rings. The van der Waals surface area contributed by atoms with Crippen LogP contribution < -0.4 is 5.73 Å². The minimum absolute atomic E-state index is 0.0931. The van der Waals surface area contributed by atoms with Crippen LogP contribution in [0.25, 0.3) is 11.3 Å². The van der Waals surface area contributed by atoms with E-state index >= 15 is 0 Å². The normalized spacial score (nSPS) is 16.8. The molecule has 0 bridgehead atoms. The zero-order chi connectivity index (χ0) is 19.0. The quantitative estimate of drug-likeness (QED) is 0.758. The molecule has 8 heteroatoms. The summed E-state index contributed by atoms with van der Waals surface area (Å²) in [7, 11) is 1.86. The molecule has 1 amide bonds. The number of carbonyl (C=O) groups excluding carboxylic acids is 1. The lowest BCUT2D eigenvalue weighted by Crippen LogP contribution is -2.29. The molecule has 4 rings (SSSR count). The Balaban J connectivity index is 1.42. The molecule has 3 aromatic heterocycles. The molecule has 0 radical (unpaired) electrons. The number of nitrogens with zero attached hydrogens (tertiary/aromatic N) is 5. The number of aryl methyl sites for hydroxylation is 1. The van der Waals surface area contributed by atoms with E-state index in [0.717, 1.165) is 36.2 Å². The lowest BCUT2D eigenvalue weighted by molar-refractivity contribution is 0.0777. The summed E-state index contributed by atoms with van der Waals surface area (Å²) in [6, 6.07) is 5.50. The summed E-state index contributed by atoms with van der Waals surface area (Å²) in [6.07, 6.45) is 5.37. The maximum absolute atomic E-state index is 12.8. The third kappa shape index (κ3) is 3.42. The minimum Gasteiger partial charge on any atom is -0.384 e. The first-order chi connectivity index (χ1) is 13.0. The van der Waals surface area contributed by atoms with Crippen molar-refractivity contribution >= 4 is 11.7 Å². The number of nitrogen functional groups attached to an aromatic ring is 1. The van der Waals surface area contributed by atoms with Crippen molar-refractivity contribution in [3.8, 4) is 11.3 Å². The lowest BCUT2D eigenvalue weighted by Gasteiger charge is -2.14. The fraction of sp³-hybridized carbons (Fsp3) is 0.368. The summed E-state index contributed by atoms with van der Waals surface area (Å²) >= 11 is 0. The average Bonchev–Trinajstić information content (AvgIpc) is 3.38. The van der Waals surface area contributed by atoms with Gasteiger partial charge in [-0.2, -0.15) is 5.10 Å². The average molecular weight is 366 g/mol. The third-order valence-corrected chi connectivity index (χ3v) is 5.18. The zero-order valence-corrected chi connectivity index (χ0v) is 15.4. The van der Waals surface area contributed by atoms with Gasteiger partial charge in [0.25, 0.3) is 5.91 Å². The van der Waals surface area contributed by atoms with E-state index in [9.17, 15) is 4.79 Å². The Kier molecular flexibility index (Phi) is 4.39. The molecule has 1 aliphatic heterocycles. The highest BCUT2D eigenvalue weighted by atomic mass is 16.5. The summed E-state index contributed by atoms with van der Waals surface area (Å²) in [5.41, 5.74) is 8.91. The topological polar surface area (TPSA) is 103 Å². The molecule has 0 aromatic carbocycles.